The Hall–Kier alpha value is -1.30. The van der Waals surface area contributed by atoms with E-state index in [1.54, 1.807) is 25.1 Å². The van der Waals surface area contributed by atoms with E-state index in [9.17, 15) is 9.59 Å². The molecule has 1 heterocycles. The number of halogens is 2. The lowest BCUT2D eigenvalue weighted by molar-refractivity contribution is 0.0701. The van der Waals surface area contributed by atoms with Crippen LogP contribution < -0.4 is 4.87 Å². The van der Waals surface area contributed by atoms with Gasteiger partial charge in [-0.05, 0) is 19.1 Å². The standard InChI is InChI=1S/C12H9Cl2NO3S/c1-6-10(11(16)17)19-12(18)15(6)5-7-8(13)3-2-4-9(7)14/h2-4H,5H2,1H3,(H,16,17). The molecule has 19 heavy (non-hydrogen) atoms. The summed E-state index contributed by atoms with van der Waals surface area (Å²) in [6.07, 6.45) is 0. The van der Waals surface area contributed by atoms with Crippen molar-refractivity contribution in [3.05, 3.63) is 54.0 Å². The lowest BCUT2D eigenvalue weighted by Crippen LogP contribution is -2.16. The molecule has 1 aromatic carbocycles. The molecule has 0 radical (unpaired) electrons. The molecule has 4 nitrogen and oxygen atoms in total. The number of hydrogen-bond acceptors (Lipinski definition) is 3. The van der Waals surface area contributed by atoms with E-state index in [-0.39, 0.29) is 16.3 Å². The van der Waals surface area contributed by atoms with E-state index in [4.69, 9.17) is 28.3 Å². The topological polar surface area (TPSA) is 59.3 Å². The van der Waals surface area contributed by atoms with Gasteiger partial charge in [0.1, 0.15) is 4.88 Å². The first kappa shape index (κ1) is 14.1. The summed E-state index contributed by atoms with van der Waals surface area (Å²) in [5.41, 5.74) is 1.00. The zero-order valence-corrected chi connectivity index (χ0v) is 12.1. The molecule has 0 aliphatic rings. The van der Waals surface area contributed by atoms with Gasteiger partial charge >= 0.3 is 10.8 Å². The van der Waals surface area contributed by atoms with Crippen LogP contribution in [0.2, 0.25) is 10.0 Å². The summed E-state index contributed by atoms with van der Waals surface area (Å²) >= 11 is 12.8. The van der Waals surface area contributed by atoms with Gasteiger partial charge < -0.3 is 5.11 Å². The van der Waals surface area contributed by atoms with Gasteiger partial charge in [0.25, 0.3) is 0 Å². The van der Waals surface area contributed by atoms with Crippen LogP contribution in [0, 0.1) is 6.92 Å². The van der Waals surface area contributed by atoms with Crippen LogP contribution in [0.4, 0.5) is 0 Å². The number of carbonyl (C=O) groups is 1. The third-order valence-corrected chi connectivity index (χ3v) is 4.49. The van der Waals surface area contributed by atoms with Crippen LogP contribution in [0.1, 0.15) is 20.9 Å². The quantitative estimate of drug-likeness (QED) is 0.945. The number of nitrogens with zero attached hydrogens (tertiary/aromatic N) is 1. The third-order valence-electron chi connectivity index (χ3n) is 2.72. The number of benzene rings is 1. The summed E-state index contributed by atoms with van der Waals surface area (Å²) in [6, 6.07) is 5.06. The smallest absolute Gasteiger partial charge is 0.347 e. The van der Waals surface area contributed by atoms with E-state index in [0.29, 0.717) is 32.6 Å². The third kappa shape index (κ3) is 2.68. The molecule has 100 valence electrons. The van der Waals surface area contributed by atoms with Crippen LogP contribution >= 0.6 is 34.5 Å². The normalized spacial score (nSPS) is 10.7. The number of carboxylic acid groups (broad SMARTS) is 1. The van der Waals surface area contributed by atoms with Crippen molar-refractivity contribution in [2.75, 3.05) is 0 Å². The second-order valence-corrected chi connectivity index (χ2v) is 5.65. The molecule has 7 heteroatoms. The molecule has 1 aromatic heterocycles. The molecule has 0 aliphatic heterocycles. The minimum atomic E-state index is -1.11. The first-order valence-corrected chi connectivity index (χ1v) is 6.85. The van der Waals surface area contributed by atoms with Crippen molar-refractivity contribution < 1.29 is 9.90 Å². The summed E-state index contributed by atoms with van der Waals surface area (Å²) in [5.74, 6) is -1.11. The molecule has 0 amide bonds. The zero-order valence-electron chi connectivity index (χ0n) is 9.81. The lowest BCUT2D eigenvalue weighted by atomic mass is 10.2. The van der Waals surface area contributed by atoms with Crippen LogP contribution in [-0.2, 0) is 6.54 Å². The van der Waals surface area contributed by atoms with Crippen LogP contribution in [0.5, 0.6) is 0 Å². The lowest BCUT2D eigenvalue weighted by Gasteiger charge is -2.09. The fourth-order valence-electron chi connectivity index (χ4n) is 1.70. The number of aromatic nitrogens is 1. The van der Waals surface area contributed by atoms with Crippen molar-refractivity contribution in [3.8, 4) is 0 Å². The second kappa shape index (κ2) is 5.36. The van der Waals surface area contributed by atoms with Crippen molar-refractivity contribution in [2.45, 2.75) is 13.5 Å². The minimum Gasteiger partial charge on any atom is -0.477 e. The molecule has 2 aromatic rings. The molecule has 0 spiro atoms. The summed E-state index contributed by atoms with van der Waals surface area (Å²) in [6.45, 7) is 1.75. The molecular formula is C12H9Cl2NO3S. The molecule has 0 fully saturated rings. The summed E-state index contributed by atoms with van der Waals surface area (Å²) in [5, 5.41) is 9.88. The van der Waals surface area contributed by atoms with Crippen LogP contribution in [0.25, 0.3) is 0 Å². The van der Waals surface area contributed by atoms with Crippen molar-refractivity contribution in [2.24, 2.45) is 0 Å². The zero-order chi connectivity index (χ0) is 14.2. The van der Waals surface area contributed by atoms with Crippen molar-refractivity contribution in [1.29, 1.82) is 0 Å². The molecule has 0 unspecified atom stereocenters. The van der Waals surface area contributed by atoms with E-state index >= 15 is 0 Å². The maximum atomic E-state index is 11.8. The molecular weight excluding hydrogens is 309 g/mol. The van der Waals surface area contributed by atoms with Gasteiger partial charge in [0, 0.05) is 21.3 Å². The Morgan fingerprint density at radius 1 is 1.37 bits per heavy atom. The summed E-state index contributed by atoms with van der Waals surface area (Å²) in [7, 11) is 0. The summed E-state index contributed by atoms with van der Waals surface area (Å²) < 4.78 is 1.36. The highest BCUT2D eigenvalue weighted by Gasteiger charge is 2.18. The van der Waals surface area contributed by atoms with Crippen molar-refractivity contribution in [1.82, 2.24) is 4.57 Å². The predicted octanol–water partition coefficient (Wildman–Crippen LogP) is 3.27. The number of hydrogen-bond donors (Lipinski definition) is 1. The van der Waals surface area contributed by atoms with E-state index in [1.165, 1.54) is 4.57 Å². The van der Waals surface area contributed by atoms with Gasteiger partial charge in [0.15, 0.2) is 0 Å². The maximum Gasteiger partial charge on any atom is 0.347 e. The molecule has 0 aliphatic carbocycles. The van der Waals surface area contributed by atoms with Gasteiger partial charge in [-0.1, -0.05) is 40.6 Å². The van der Waals surface area contributed by atoms with Crippen LogP contribution in [0.3, 0.4) is 0 Å². The van der Waals surface area contributed by atoms with Gasteiger partial charge in [-0.3, -0.25) is 9.36 Å². The SMILES string of the molecule is Cc1c(C(=O)O)sc(=O)n1Cc1c(Cl)cccc1Cl. The van der Waals surface area contributed by atoms with Crippen LogP contribution in [0.15, 0.2) is 23.0 Å². The van der Waals surface area contributed by atoms with Gasteiger partial charge in [0.05, 0.1) is 6.54 Å². The average molecular weight is 318 g/mol. The highest BCUT2D eigenvalue weighted by molar-refractivity contribution is 7.11. The molecule has 0 saturated heterocycles. The van der Waals surface area contributed by atoms with Gasteiger partial charge in [-0.2, -0.15) is 0 Å². The first-order valence-electron chi connectivity index (χ1n) is 5.28. The van der Waals surface area contributed by atoms with E-state index < -0.39 is 5.97 Å². The molecule has 0 bridgehead atoms. The minimum absolute atomic E-state index is 0.0353. The van der Waals surface area contributed by atoms with Gasteiger partial charge in [-0.15, -0.1) is 0 Å². The Bertz CT molecular complexity index is 685. The van der Waals surface area contributed by atoms with Crippen molar-refractivity contribution >= 4 is 40.5 Å². The molecule has 2 rings (SSSR count). The van der Waals surface area contributed by atoms with Gasteiger partial charge in [-0.25, -0.2) is 4.79 Å². The van der Waals surface area contributed by atoms with Gasteiger partial charge in [0.2, 0.25) is 0 Å². The fraction of sp³-hybridized carbons (Fsp3) is 0.167. The van der Waals surface area contributed by atoms with Crippen LogP contribution in [-0.4, -0.2) is 15.6 Å². The van der Waals surface area contributed by atoms with E-state index in [1.807, 2.05) is 0 Å². The highest BCUT2D eigenvalue weighted by atomic mass is 35.5. The Balaban J connectivity index is 2.51. The molecule has 0 atom stereocenters. The number of aromatic carboxylic acids is 1. The first-order chi connectivity index (χ1) is 8.91. The largest absolute Gasteiger partial charge is 0.477 e. The monoisotopic (exact) mass is 317 g/mol. The number of rotatable bonds is 3. The number of carboxylic acids is 1. The molecule has 0 saturated carbocycles. The van der Waals surface area contributed by atoms with Crippen molar-refractivity contribution in [3.63, 3.8) is 0 Å². The highest BCUT2D eigenvalue weighted by Crippen LogP contribution is 2.25. The van der Waals surface area contributed by atoms with E-state index in [0.717, 1.165) is 0 Å². The Kier molecular flexibility index (Phi) is 3.99. The number of thiazole rings is 1. The predicted molar refractivity (Wildman–Crippen MR) is 75.8 cm³/mol. The van der Waals surface area contributed by atoms with E-state index in [2.05, 4.69) is 0 Å². The Labute approximate surface area is 122 Å². The Morgan fingerprint density at radius 3 is 2.42 bits per heavy atom. The fourth-order valence-corrected chi connectivity index (χ4v) is 3.05. The summed E-state index contributed by atoms with van der Waals surface area (Å²) in [4.78, 5) is 22.5. The molecule has 1 N–H and O–H groups in total. The average Bonchev–Trinajstić information content (AvgIpc) is 2.61. The Morgan fingerprint density at radius 2 is 1.95 bits per heavy atom. The second-order valence-electron chi connectivity index (χ2n) is 3.87. The maximum absolute atomic E-state index is 11.8.